The van der Waals surface area contributed by atoms with E-state index in [0.29, 0.717) is 0 Å². The Morgan fingerprint density at radius 1 is 0.842 bits per heavy atom. The maximum absolute atomic E-state index is 12.4. The highest BCUT2D eigenvalue weighted by molar-refractivity contribution is 5.78. The lowest BCUT2D eigenvalue weighted by Gasteiger charge is -2.19. The molecular weight excluding hydrogens is 279 g/mol. The molecule has 0 aliphatic heterocycles. The highest BCUT2D eigenvalue weighted by atomic mass is 19.4. The summed E-state index contributed by atoms with van der Waals surface area (Å²) in [6, 6.07) is 0. The summed E-state index contributed by atoms with van der Waals surface area (Å²) in [6.45, 7) is 3.06. The number of halogens is 5. The Balaban J connectivity index is 4.18. The SMILES string of the molecule is CC(C)(C)C(=O)OCCOC(=O)C(F)(F)C(F)(F)F. The van der Waals surface area contributed by atoms with Gasteiger partial charge in [-0.25, -0.2) is 4.79 Å². The number of ether oxygens (including phenoxy) is 2. The molecule has 0 radical (unpaired) electrons. The Labute approximate surface area is 105 Å². The van der Waals surface area contributed by atoms with Gasteiger partial charge < -0.3 is 9.47 Å². The molecule has 0 aromatic carbocycles. The summed E-state index contributed by atoms with van der Waals surface area (Å²) < 4.78 is 68.2. The van der Waals surface area contributed by atoms with Crippen molar-refractivity contribution in [3.8, 4) is 0 Å². The lowest BCUT2D eigenvalue weighted by atomic mass is 9.97. The normalized spacial score (nSPS) is 13.1. The average Bonchev–Trinajstić information content (AvgIpc) is 2.20. The molecule has 0 heterocycles. The number of alkyl halides is 5. The van der Waals surface area contributed by atoms with Gasteiger partial charge in [-0.1, -0.05) is 0 Å². The van der Waals surface area contributed by atoms with Crippen LogP contribution in [0.2, 0.25) is 0 Å². The zero-order valence-corrected chi connectivity index (χ0v) is 10.4. The maximum atomic E-state index is 12.4. The van der Waals surface area contributed by atoms with Crippen molar-refractivity contribution in [2.75, 3.05) is 13.2 Å². The van der Waals surface area contributed by atoms with Crippen LogP contribution in [0.25, 0.3) is 0 Å². The fourth-order valence-electron chi connectivity index (χ4n) is 0.692. The molecule has 0 fully saturated rings. The fraction of sp³-hybridized carbons (Fsp3) is 0.800. The number of hydrogen-bond acceptors (Lipinski definition) is 4. The van der Waals surface area contributed by atoms with Gasteiger partial charge in [0.1, 0.15) is 13.2 Å². The van der Waals surface area contributed by atoms with E-state index in [0.717, 1.165) is 0 Å². The molecule has 0 rings (SSSR count). The van der Waals surface area contributed by atoms with Gasteiger partial charge in [-0.15, -0.1) is 0 Å². The Hall–Kier alpha value is -1.41. The van der Waals surface area contributed by atoms with Gasteiger partial charge in [0, 0.05) is 0 Å². The van der Waals surface area contributed by atoms with Crippen LogP contribution in [-0.2, 0) is 19.1 Å². The molecule has 0 bridgehead atoms. The van der Waals surface area contributed by atoms with Crippen molar-refractivity contribution in [2.45, 2.75) is 32.9 Å². The van der Waals surface area contributed by atoms with Crippen LogP contribution < -0.4 is 0 Å². The van der Waals surface area contributed by atoms with Crippen LogP contribution in [0.5, 0.6) is 0 Å². The van der Waals surface area contributed by atoms with E-state index in [4.69, 9.17) is 0 Å². The molecule has 0 aromatic rings. The van der Waals surface area contributed by atoms with E-state index in [1.165, 1.54) is 20.8 Å². The zero-order chi connectivity index (χ0) is 15.5. The summed E-state index contributed by atoms with van der Waals surface area (Å²) in [7, 11) is 0. The Kier molecular flexibility index (Phi) is 5.28. The second kappa shape index (κ2) is 5.70. The standard InChI is InChI=1S/C10H13F5O4/c1-8(2,3)6(16)18-4-5-19-7(17)9(11,12)10(13,14)15/h4-5H2,1-3H3. The number of carbonyl (C=O) groups excluding carboxylic acids is 2. The maximum Gasteiger partial charge on any atom is 0.465 e. The Bertz CT molecular complexity index is 343. The second-order valence-corrected chi connectivity index (χ2v) is 4.59. The van der Waals surface area contributed by atoms with Gasteiger partial charge in [-0.3, -0.25) is 4.79 Å². The molecule has 0 spiro atoms. The van der Waals surface area contributed by atoms with E-state index in [-0.39, 0.29) is 0 Å². The number of rotatable bonds is 4. The van der Waals surface area contributed by atoms with E-state index < -0.39 is 42.7 Å². The van der Waals surface area contributed by atoms with Crippen LogP contribution in [0.4, 0.5) is 22.0 Å². The van der Waals surface area contributed by atoms with Crippen LogP contribution in [0.15, 0.2) is 0 Å². The van der Waals surface area contributed by atoms with E-state index in [9.17, 15) is 31.5 Å². The second-order valence-electron chi connectivity index (χ2n) is 4.59. The summed E-state index contributed by atoms with van der Waals surface area (Å²) in [5.41, 5.74) is -0.861. The first kappa shape index (κ1) is 17.6. The van der Waals surface area contributed by atoms with E-state index in [2.05, 4.69) is 9.47 Å². The summed E-state index contributed by atoms with van der Waals surface area (Å²) in [6.07, 6.45) is -6.02. The monoisotopic (exact) mass is 292 g/mol. The third-order valence-corrected chi connectivity index (χ3v) is 1.77. The van der Waals surface area contributed by atoms with Crippen molar-refractivity contribution in [3.63, 3.8) is 0 Å². The minimum absolute atomic E-state index is 0.601. The zero-order valence-electron chi connectivity index (χ0n) is 10.4. The number of carbonyl (C=O) groups is 2. The van der Waals surface area contributed by atoms with Gasteiger partial charge in [0.15, 0.2) is 0 Å². The van der Waals surface area contributed by atoms with E-state index >= 15 is 0 Å². The third-order valence-electron chi connectivity index (χ3n) is 1.77. The van der Waals surface area contributed by atoms with Crippen molar-refractivity contribution in [3.05, 3.63) is 0 Å². The van der Waals surface area contributed by atoms with Gasteiger partial charge in [0.05, 0.1) is 5.41 Å². The van der Waals surface area contributed by atoms with Gasteiger partial charge in [-0.05, 0) is 20.8 Å². The van der Waals surface area contributed by atoms with E-state index in [1.807, 2.05) is 0 Å². The number of hydrogen-bond donors (Lipinski definition) is 0. The molecule has 0 atom stereocenters. The summed E-state index contributed by atoms with van der Waals surface area (Å²) in [4.78, 5) is 21.7. The summed E-state index contributed by atoms with van der Waals surface area (Å²) in [5.74, 6) is -9.01. The van der Waals surface area contributed by atoms with Crippen LogP contribution in [-0.4, -0.2) is 37.3 Å². The van der Waals surface area contributed by atoms with E-state index in [1.54, 1.807) is 0 Å². The highest BCUT2D eigenvalue weighted by Gasteiger charge is 2.64. The molecule has 0 aliphatic carbocycles. The molecule has 0 aromatic heterocycles. The highest BCUT2D eigenvalue weighted by Crippen LogP contribution is 2.36. The first-order chi connectivity index (χ1) is 8.30. The lowest BCUT2D eigenvalue weighted by Crippen LogP contribution is -2.45. The first-order valence-corrected chi connectivity index (χ1v) is 5.09. The molecule has 0 aliphatic rings. The average molecular weight is 292 g/mol. The Morgan fingerprint density at radius 3 is 1.53 bits per heavy atom. The van der Waals surface area contributed by atoms with Crippen molar-refractivity contribution in [1.82, 2.24) is 0 Å². The van der Waals surface area contributed by atoms with Crippen molar-refractivity contribution < 1.29 is 41.0 Å². The van der Waals surface area contributed by atoms with Gasteiger partial charge in [0.25, 0.3) is 0 Å². The van der Waals surface area contributed by atoms with Crippen LogP contribution in [0.1, 0.15) is 20.8 Å². The molecule has 0 N–H and O–H groups in total. The minimum Gasteiger partial charge on any atom is -0.462 e. The van der Waals surface area contributed by atoms with Gasteiger partial charge >= 0.3 is 24.0 Å². The van der Waals surface area contributed by atoms with Crippen molar-refractivity contribution in [1.29, 1.82) is 0 Å². The number of esters is 2. The first-order valence-electron chi connectivity index (χ1n) is 5.09. The molecule has 0 amide bonds. The van der Waals surface area contributed by atoms with Gasteiger partial charge in [-0.2, -0.15) is 22.0 Å². The molecular formula is C10H13F5O4. The summed E-state index contributed by atoms with van der Waals surface area (Å²) >= 11 is 0. The Morgan fingerprint density at radius 2 is 1.21 bits per heavy atom. The molecule has 19 heavy (non-hydrogen) atoms. The molecule has 112 valence electrons. The third kappa shape index (κ3) is 4.99. The van der Waals surface area contributed by atoms with Crippen LogP contribution in [0.3, 0.4) is 0 Å². The molecule has 0 unspecified atom stereocenters. The molecule has 0 saturated carbocycles. The quantitative estimate of drug-likeness (QED) is 0.453. The van der Waals surface area contributed by atoms with Crippen molar-refractivity contribution in [2.24, 2.45) is 5.41 Å². The van der Waals surface area contributed by atoms with Crippen LogP contribution >= 0.6 is 0 Å². The molecule has 0 saturated heterocycles. The fourth-order valence-corrected chi connectivity index (χ4v) is 0.692. The smallest absolute Gasteiger partial charge is 0.462 e. The predicted octanol–water partition coefficient (Wildman–Crippen LogP) is 2.32. The lowest BCUT2D eigenvalue weighted by molar-refractivity contribution is -0.280. The molecule has 4 nitrogen and oxygen atoms in total. The predicted molar refractivity (Wildman–Crippen MR) is 52.4 cm³/mol. The topological polar surface area (TPSA) is 52.6 Å². The summed E-state index contributed by atoms with van der Waals surface area (Å²) in [5, 5.41) is 0. The van der Waals surface area contributed by atoms with Gasteiger partial charge in [0.2, 0.25) is 0 Å². The molecule has 9 heteroatoms. The minimum atomic E-state index is -6.02. The largest absolute Gasteiger partial charge is 0.465 e. The van der Waals surface area contributed by atoms with Crippen LogP contribution in [0, 0.1) is 5.41 Å². The van der Waals surface area contributed by atoms with Crippen molar-refractivity contribution >= 4 is 11.9 Å².